The van der Waals surface area contributed by atoms with Gasteiger partial charge in [0.15, 0.2) is 0 Å². The van der Waals surface area contributed by atoms with Gasteiger partial charge in [-0.1, -0.05) is 24.3 Å². The molecule has 0 amide bonds. The molecule has 0 saturated heterocycles. The third-order valence-corrected chi connectivity index (χ3v) is 3.33. The highest BCUT2D eigenvalue weighted by atomic mass is 19.4. The number of phenolic OH excluding ortho intramolecular Hbond substituents is 1. The Labute approximate surface area is 121 Å². The Morgan fingerprint density at radius 3 is 2.38 bits per heavy atom. The van der Waals surface area contributed by atoms with Crippen molar-refractivity contribution in [3.8, 4) is 5.75 Å². The van der Waals surface area contributed by atoms with Crippen molar-refractivity contribution in [2.24, 2.45) is 0 Å². The minimum absolute atomic E-state index is 0.112. The Morgan fingerprint density at radius 1 is 1.10 bits per heavy atom. The number of rotatable bonds is 3. The van der Waals surface area contributed by atoms with E-state index in [1.165, 1.54) is 13.0 Å². The summed E-state index contributed by atoms with van der Waals surface area (Å²) in [6, 6.07) is 10.5. The molecule has 112 valence electrons. The van der Waals surface area contributed by atoms with E-state index in [4.69, 9.17) is 0 Å². The van der Waals surface area contributed by atoms with Gasteiger partial charge in [0.2, 0.25) is 0 Å². The predicted molar refractivity (Wildman–Crippen MR) is 76.3 cm³/mol. The molecule has 0 bridgehead atoms. The number of aryl methyl sites for hydroxylation is 1. The minimum Gasteiger partial charge on any atom is -0.508 e. The summed E-state index contributed by atoms with van der Waals surface area (Å²) >= 11 is 0. The first-order valence-electron chi connectivity index (χ1n) is 6.51. The summed E-state index contributed by atoms with van der Waals surface area (Å²) in [5, 5.41) is 12.7. The highest BCUT2D eigenvalue weighted by Gasteiger charge is 2.32. The smallest absolute Gasteiger partial charge is 0.416 e. The predicted octanol–water partition coefficient (Wildman–Crippen LogP) is 4.89. The van der Waals surface area contributed by atoms with Gasteiger partial charge in [0.05, 0.1) is 11.6 Å². The maximum atomic E-state index is 12.9. The maximum Gasteiger partial charge on any atom is 0.416 e. The summed E-state index contributed by atoms with van der Waals surface area (Å²) in [7, 11) is 0. The molecule has 0 aliphatic heterocycles. The number of anilines is 1. The van der Waals surface area contributed by atoms with Gasteiger partial charge >= 0.3 is 6.18 Å². The van der Waals surface area contributed by atoms with Crippen molar-refractivity contribution < 1.29 is 18.3 Å². The Hall–Kier alpha value is -2.17. The molecule has 0 radical (unpaired) electrons. The lowest BCUT2D eigenvalue weighted by atomic mass is 10.0. The quantitative estimate of drug-likeness (QED) is 0.844. The van der Waals surface area contributed by atoms with Crippen LogP contribution in [0.2, 0.25) is 0 Å². The van der Waals surface area contributed by atoms with Gasteiger partial charge in [-0.3, -0.25) is 0 Å². The van der Waals surface area contributed by atoms with E-state index in [9.17, 15) is 18.3 Å². The van der Waals surface area contributed by atoms with Crippen LogP contribution in [-0.2, 0) is 6.18 Å². The molecule has 1 unspecified atom stereocenters. The Bertz CT molecular complexity index is 638. The van der Waals surface area contributed by atoms with Crippen molar-refractivity contribution in [3.05, 3.63) is 59.2 Å². The second-order valence-corrected chi connectivity index (χ2v) is 4.95. The highest BCUT2D eigenvalue weighted by Crippen LogP contribution is 2.34. The molecule has 1 atom stereocenters. The number of nitrogens with one attached hydrogen (secondary N) is 1. The normalized spacial score (nSPS) is 13.0. The average molecular weight is 295 g/mol. The molecule has 0 saturated carbocycles. The number of benzene rings is 2. The zero-order valence-corrected chi connectivity index (χ0v) is 11.7. The fraction of sp³-hybridized carbons (Fsp3) is 0.250. The van der Waals surface area contributed by atoms with Crippen LogP contribution in [0.4, 0.5) is 18.9 Å². The van der Waals surface area contributed by atoms with Crippen LogP contribution in [0.1, 0.15) is 29.7 Å². The number of para-hydroxylation sites is 1. The van der Waals surface area contributed by atoms with Crippen LogP contribution in [0.3, 0.4) is 0 Å². The van der Waals surface area contributed by atoms with E-state index in [0.717, 1.165) is 6.07 Å². The molecular weight excluding hydrogens is 279 g/mol. The van der Waals surface area contributed by atoms with Crippen molar-refractivity contribution in [1.29, 1.82) is 0 Å². The lowest BCUT2D eigenvalue weighted by Gasteiger charge is -2.19. The number of phenols is 1. The average Bonchev–Trinajstić information content (AvgIpc) is 2.40. The topological polar surface area (TPSA) is 32.3 Å². The van der Waals surface area contributed by atoms with E-state index >= 15 is 0 Å². The van der Waals surface area contributed by atoms with E-state index in [0.29, 0.717) is 11.3 Å². The second kappa shape index (κ2) is 5.68. The highest BCUT2D eigenvalue weighted by molar-refractivity contribution is 5.51. The fourth-order valence-electron chi connectivity index (χ4n) is 2.20. The van der Waals surface area contributed by atoms with Crippen LogP contribution in [0, 0.1) is 6.92 Å². The van der Waals surface area contributed by atoms with Crippen LogP contribution < -0.4 is 5.32 Å². The van der Waals surface area contributed by atoms with E-state index in [1.807, 2.05) is 0 Å². The van der Waals surface area contributed by atoms with Gasteiger partial charge < -0.3 is 10.4 Å². The third kappa shape index (κ3) is 3.48. The molecule has 0 aliphatic rings. The molecular formula is C16H16F3NO. The van der Waals surface area contributed by atoms with Crippen LogP contribution in [-0.4, -0.2) is 5.11 Å². The number of hydrogen-bond acceptors (Lipinski definition) is 2. The van der Waals surface area contributed by atoms with Crippen LogP contribution in [0.15, 0.2) is 42.5 Å². The largest absolute Gasteiger partial charge is 0.508 e. The van der Waals surface area contributed by atoms with Crippen LogP contribution >= 0.6 is 0 Å². The first-order valence-corrected chi connectivity index (χ1v) is 6.51. The maximum absolute atomic E-state index is 12.9. The molecule has 0 spiro atoms. The number of halogens is 3. The van der Waals surface area contributed by atoms with Gasteiger partial charge in [-0.15, -0.1) is 0 Å². The van der Waals surface area contributed by atoms with Crippen LogP contribution in [0.5, 0.6) is 5.75 Å². The van der Waals surface area contributed by atoms with E-state index in [2.05, 4.69) is 5.32 Å². The molecule has 2 aromatic rings. The summed E-state index contributed by atoms with van der Waals surface area (Å²) in [5.41, 5.74) is 0.524. The monoisotopic (exact) mass is 295 g/mol. The molecule has 0 aliphatic carbocycles. The van der Waals surface area contributed by atoms with Crippen molar-refractivity contribution in [2.75, 3.05) is 5.32 Å². The molecule has 5 heteroatoms. The molecule has 0 fully saturated rings. The zero-order chi connectivity index (χ0) is 15.6. The summed E-state index contributed by atoms with van der Waals surface area (Å²) < 4.78 is 38.7. The van der Waals surface area contributed by atoms with Crippen LogP contribution in [0.25, 0.3) is 0 Å². The zero-order valence-electron chi connectivity index (χ0n) is 11.7. The number of hydrogen-bond donors (Lipinski definition) is 2. The summed E-state index contributed by atoms with van der Waals surface area (Å²) in [4.78, 5) is 0. The Morgan fingerprint density at radius 2 is 1.76 bits per heavy atom. The summed E-state index contributed by atoms with van der Waals surface area (Å²) in [5.74, 6) is 0.112. The second-order valence-electron chi connectivity index (χ2n) is 4.95. The molecule has 2 nitrogen and oxygen atoms in total. The van der Waals surface area contributed by atoms with Crippen molar-refractivity contribution >= 4 is 5.69 Å². The molecule has 2 N–H and O–H groups in total. The van der Waals surface area contributed by atoms with Crippen molar-refractivity contribution in [1.82, 2.24) is 0 Å². The molecule has 0 heterocycles. The van der Waals surface area contributed by atoms with Crippen molar-refractivity contribution in [3.63, 3.8) is 0 Å². The number of aromatic hydroxyl groups is 1. The Kier molecular flexibility index (Phi) is 4.11. The van der Waals surface area contributed by atoms with E-state index in [1.54, 1.807) is 37.3 Å². The standard InChI is InChI=1S/C16H16F3NO/c1-10-7-8-12(9-14(10)16(17,18)19)20-11(2)13-5-3-4-6-15(13)21/h3-9,11,20-21H,1-2H3. The van der Waals surface area contributed by atoms with E-state index in [-0.39, 0.29) is 17.4 Å². The van der Waals surface area contributed by atoms with Gasteiger partial charge in [-0.2, -0.15) is 13.2 Å². The molecule has 2 rings (SSSR count). The Balaban J connectivity index is 2.26. The third-order valence-electron chi connectivity index (χ3n) is 3.33. The van der Waals surface area contributed by atoms with Gasteiger partial charge in [0.25, 0.3) is 0 Å². The fourth-order valence-corrected chi connectivity index (χ4v) is 2.20. The van der Waals surface area contributed by atoms with Crippen molar-refractivity contribution in [2.45, 2.75) is 26.1 Å². The van der Waals surface area contributed by atoms with Gasteiger partial charge in [0.1, 0.15) is 5.75 Å². The van der Waals surface area contributed by atoms with Gasteiger partial charge in [-0.25, -0.2) is 0 Å². The molecule has 0 aromatic heterocycles. The molecule has 2 aromatic carbocycles. The molecule has 21 heavy (non-hydrogen) atoms. The first kappa shape index (κ1) is 15.2. The lowest BCUT2D eigenvalue weighted by molar-refractivity contribution is -0.138. The first-order chi connectivity index (χ1) is 9.79. The van der Waals surface area contributed by atoms with Gasteiger partial charge in [0, 0.05) is 11.3 Å². The number of alkyl halides is 3. The summed E-state index contributed by atoms with van der Waals surface area (Å²) in [6.07, 6.45) is -4.38. The minimum atomic E-state index is -4.38. The SMILES string of the molecule is Cc1ccc(NC(C)c2ccccc2O)cc1C(F)(F)F. The van der Waals surface area contributed by atoms with E-state index < -0.39 is 11.7 Å². The summed E-state index contributed by atoms with van der Waals surface area (Å²) in [6.45, 7) is 3.21. The lowest BCUT2D eigenvalue weighted by Crippen LogP contribution is -2.11. The van der Waals surface area contributed by atoms with Gasteiger partial charge in [-0.05, 0) is 37.6 Å².